The number of rotatable bonds is 2. The third kappa shape index (κ3) is 3.04. The predicted octanol–water partition coefficient (Wildman–Crippen LogP) is 4.85. The molecular weight excluding hydrogens is 553 g/mol. The van der Waals surface area contributed by atoms with Crippen molar-refractivity contribution in [2.45, 2.75) is 13.5 Å². The summed E-state index contributed by atoms with van der Waals surface area (Å²) in [4.78, 5) is 24.2. The smallest absolute Gasteiger partial charge is 0.274 e. The van der Waals surface area contributed by atoms with Gasteiger partial charge >= 0.3 is 0 Å². The number of nitrogens with zero attached hydrogens (tertiary/aromatic N) is 5. The molecule has 1 aromatic carbocycles. The number of halogens is 3. The third-order valence-electron chi connectivity index (χ3n) is 6.68. The summed E-state index contributed by atoms with van der Waals surface area (Å²) in [6.07, 6.45) is 4.66. The lowest BCUT2D eigenvalue weighted by Crippen LogP contribution is -2.36. The quantitative estimate of drug-likeness (QED) is 0.274. The van der Waals surface area contributed by atoms with Crippen LogP contribution in [0, 0.1) is 11.6 Å². The summed E-state index contributed by atoms with van der Waals surface area (Å²) in [6.45, 7) is 5.00. The van der Waals surface area contributed by atoms with Gasteiger partial charge in [-0.15, -0.1) is 0 Å². The van der Waals surface area contributed by atoms with E-state index in [4.69, 9.17) is 0 Å². The van der Waals surface area contributed by atoms with Gasteiger partial charge < -0.3 is 22.5 Å². The van der Waals surface area contributed by atoms with Crippen LogP contribution in [0.4, 0.5) is 31.7 Å². The van der Waals surface area contributed by atoms with Gasteiger partial charge in [-0.05, 0) is 24.6 Å². The SMILES string of the molecule is CCN1CCN(I)c2cc3c(cc21)-c1cn(C)c(=O)c2[nH]cc(c12)CN3c1ncc(F)cc1F. The van der Waals surface area contributed by atoms with E-state index in [1.165, 1.54) is 0 Å². The number of nitrogens with one attached hydrogen (secondary N) is 1. The summed E-state index contributed by atoms with van der Waals surface area (Å²) in [7, 11) is 1.73. The van der Waals surface area contributed by atoms with E-state index in [1.54, 1.807) is 22.7 Å². The van der Waals surface area contributed by atoms with Crippen molar-refractivity contribution in [1.82, 2.24) is 14.5 Å². The number of aryl methyl sites for hydroxylation is 1. The minimum atomic E-state index is -0.738. The van der Waals surface area contributed by atoms with Crippen LogP contribution in [0.25, 0.3) is 22.0 Å². The van der Waals surface area contributed by atoms with Crippen LogP contribution in [0.5, 0.6) is 0 Å². The number of likely N-dealkylation sites (N-methyl/N-ethyl adjacent to an activating group) is 1. The molecular formula is C24H21F2IN6O. The number of aromatic amines is 1. The van der Waals surface area contributed by atoms with Crippen molar-refractivity contribution in [3.63, 3.8) is 0 Å². The van der Waals surface area contributed by atoms with Crippen LogP contribution < -0.4 is 18.5 Å². The van der Waals surface area contributed by atoms with Gasteiger partial charge in [0.05, 0.1) is 52.7 Å². The standard InChI is InChI=1S/C24H21F2IN6O/c1-3-31-4-5-33(27)20-8-18-15(7-19(20)31)16-12-30(2)24(34)22-21(16)13(9-28-22)11-32(18)23-17(26)6-14(25)10-29-23/h6-10,12,28H,3-5,11H2,1-2H3. The van der Waals surface area contributed by atoms with Crippen LogP contribution >= 0.6 is 22.9 Å². The van der Waals surface area contributed by atoms with Crippen LogP contribution in [0.15, 0.2) is 41.6 Å². The van der Waals surface area contributed by atoms with E-state index in [9.17, 15) is 9.18 Å². The number of anilines is 4. The Hall–Kier alpha value is -3.15. The van der Waals surface area contributed by atoms with Gasteiger partial charge in [-0.2, -0.15) is 0 Å². The Morgan fingerprint density at radius 2 is 1.94 bits per heavy atom. The molecule has 7 nitrogen and oxygen atoms in total. The first-order valence-corrected chi connectivity index (χ1v) is 12.0. The maximum Gasteiger partial charge on any atom is 0.274 e. The van der Waals surface area contributed by atoms with E-state index < -0.39 is 11.6 Å². The van der Waals surface area contributed by atoms with Crippen molar-refractivity contribution in [3.8, 4) is 11.1 Å². The molecule has 0 atom stereocenters. The molecule has 2 aliphatic heterocycles. The van der Waals surface area contributed by atoms with E-state index in [0.29, 0.717) is 5.52 Å². The lowest BCUT2D eigenvalue weighted by atomic mass is 9.98. The number of benzene rings is 1. The molecule has 4 aromatic rings. The molecule has 174 valence electrons. The fourth-order valence-electron chi connectivity index (χ4n) is 5.04. The molecule has 10 heteroatoms. The zero-order chi connectivity index (χ0) is 23.7. The fraction of sp³-hybridized carbons (Fsp3) is 0.250. The van der Waals surface area contributed by atoms with Crippen LogP contribution in [0.1, 0.15) is 12.5 Å². The molecule has 1 N–H and O–H groups in total. The molecule has 0 unspecified atom stereocenters. The Balaban J connectivity index is 1.72. The number of fused-ring (bicyclic) bond motifs is 3. The number of aromatic nitrogens is 3. The molecule has 0 bridgehead atoms. The van der Waals surface area contributed by atoms with Crippen molar-refractivity contribution in [3.05, 3.63) is 64.3 Å². The predicted molar refractivity (Wildman–Crippen MR) is 138 cm³/mol. The molecule has 0 fully saturated rings. The summed E-state index contributed by atoms with van der Waals surface area (Å²) in [5.41, 5.74) is 5.85. The van der Waals surface area contributed by atoms with Crippen molar-refractivity contribution in [2.24, 2.45) is 7.05 Å². The Labute approximate surface area is 208 Å². The highest BCUT2D eigenvalue weighted by molar-refractivity contribution is 14.1. The molecule has 5 heterocycles. The molecule has 0 amide bonds. The van der Waals surface area contributed by atoms with Gasteiger partial charge in [0.25, 0.3) is 5.56 Å². The van der Waals surface area contributed by atoms with Crippen molar-refractivity contribution in [2.75, 3.05) is 32.5 Å². The number of pyridine rings is 2. The summed E-state index contributed by atoms with van der Waals surface area (Å²) >= 11 is 2.30. The van der Waals surface area contributed by atoms with E-state index in [-0.39, 0.29) is 17.9 Å². The Morgan fingerprint density at radius 1 is 1.12 bits per heavy atom. The molecule has 0 aliphatic carbocycles. The zero-order valence-corrected chi connectivity index (χ0v) is 20.7. The monoisotopic (exact) mass is 574 g/mol. The second kappa shape index (κ2) is 7.69. The normalized spacial score (nSPS) is 14.9. The lowest BCUT2D eigenvalue weighted by molar-refractivity contribution is 0.571. The Morgan fingerprint density at radius 3 is 2.71 bits per heavy atom. The third-order valence-corrected chi connectivity index (χ3v) is 7.69. The highest BCUT2D eigenvalue weighted by Gasteiger charge is 2.31. The number of hydrogen-bond donors (Lipinski definition) is 1. The molecule has 3 aromatic heterocycles. The van der Waals surface area contributed by atoms with E-state index in [0.717, 1.165) is 71.0 Å². The van der Waals surface area contributed by atoms with Crippen molar-refractivity contribution in [1.29, 1.82) is 0 Å². The molecule has 6 rings (SSSR count). The number of H-pyrrole nitrogens is 1. The summed E-state index contributed by atoms with van der Waals surface area (Å²) in [6, 6.07) is 5.02. The molecule has 2 aliphatic rings. The first kappa shape index (κ1) is 21.4. The molecule has 0 saturated heterocycles. The molecule has 0 spiro atoms. The van der Waals surface area contributed by atoms with Crippen molar-refractivity contribution >= 4 is 56.6 Å². The first-order chi connectivity index (χ1) is 16.4. The summed E-state index contributed by atoms with van der Waals surface area (Å²) in [5.74, 6) is -1.42. The van der Waals surface area contributed by atoms with Gasteiger partial charge in [0.2, 0.25) is 0 Å². The average Bonchev–Trinajstić information content (AvgIpc) is 3.19. The highest BCUT2D eigenvalue weighted by Crippen LogP contribution is 2.49. The zero-order valence-electron chi connectivity index (χ0n) is 18.6. The fourth-order valence-corrected chi connectivity index (χ4v) is 5.65. The minimum absolute atomic E-state index is 0.0413. The van der Waals surface area contributed by atoms with Crippen LogP contribution in [0.2, 0.25) is 0 Å². The minimum Gasteiger partial charge on any atom is -0.368 e. The average molecular weight is 574 g/mol. The molecule has 0 saturated carbocycles. The summed E-state index contributed by atoms with van der Waals surface area (Å²) < 4.78 is 32.5. The number of hydrogen-bond acceptors (Lipinski definition) is 5. The van der Waals surface area contributed by atoms with Gasteiger partial charge in [-0.25, -0.2) is 13.8 Å². The van der Waals surface area contributed by atoms with E-state index in [1.807, 2.05) is 6.20 Å². The second-order valence-electron chi connectivity index (χ2n) is 8.59. The Kier molecular flexibility index (Phi) is 4.84. The second-order valence-corrected chi connectivity index (χ2v) is 9.76. The van der Waals surface area contributed by atoms with Gasteiger partial charge in [0.1, 0.15) is 11.3 Å². The maximum absolute atomic E-state index is 15.0. The van der Waals surface area contributed by atoms with Gasteiger partial charge in [0, 0.05) is 61.7 Å². The van der Waals surface area contributed by atoms with E-state index >= 15 is 4.39 Å². The maximum atomic E-state index is 15.0. The van der Waals surface area contributed by atoms with Crippen LogP contribution in [-0.2, 0) is 13.6 Å². The highest BCUT2D eigenvalue weighted by atomic mass is 127. The van der Waals surface area contributed by atoms with Crippen LogP contribution in [-0.4, -0.2) is 34.2 Å². The van der Waals surface area contributed by atoms with Crippen LogP contribution in [0.3, 0.4) is 0 Å². The largest absolute Gasteiger partial charge is 0.368 e. The molecule has 0 radical (unpaired) electrons. The first-order valence-electron chi connectivity index (χ1n) is 11.0. The Bertz CT molecular complexity index is 1530. The summed E-state index contributed by atoms with van der Waals surface area (Å²) in [5, 5.41) is 0.819. The van der Waals surface area contributed by atoms with Gasteiger partial charge in [0.15, 0.2) is 11.6 Å². The van der Waals surface area contributed by atoms with E-state index in [2.05, 4.69) is 59.9 Å². The van der Waals surface area contributed by atoms with Gasteiger partial charge in [-0.3, -0.25) is 4.79 Å². The topological polar surface area (TPSA) is 60.4 Å². The lowest BCUT2D eigenvalue weighted by Gasteiger charge is -2.37. The molecule has 34 heavy (non-hydrogen) atoms. The van der Waals surface area contributed by atoms with Gasteiger partial charge in [-0.1, -0.05) is 0 Å². The van der Waals surface area contributed by atoms with Crippen molar-refractivity contribution < 1.29 is 8.78 Å².